The summed E-state index contributed by atoms with van der Waals surface area (Å²) < 4.78 is 0. The third-order valence-electron chi connectivity index (χ3n) is 1.97. The van der Waals surface area contributed by atoms with Crippen LogP contribution in [0.5, 0.6) is 0 Å². The van der Waals surface area contributed by atoms with Gasteiger partial charge in [0.05, 0.1) is 5.54 Å². The van der Waals surface area contributed by atoms with E-state index in [1.54, 1.807) is 0 Å². The fourth-order valence-electron chi connectivity index (χ4n) is 1.44. The van der Waals surface area contributed by atoms with E-state index < -0.39 is 0 Å². The van der Waals surface area contributed by atoms with Gasteiger partial charge >= 0.3 is 0 Å². The summed E-state index contributed by atoms with van der Waals surface area (Å²) in [5, 5.41) is 3.42. The normalized spacial score (nSPS) is 28.3. The lowest BCUT2D eigenvalue weighted by atomic mass is 10.0. The number of hydrogen-bond donors (Lipinski definition) is 1. The van der Waals surface area contributed by atoms with Crippen LogP contribution in [0.25, 0.3) is 0 Å². The van der Waals surface area contributed by atoms with Gasteiger partial charge in [0.15, 0.2) is 0 Å². The van der Waals surface area contributed by atoms with E-state index in [0.717, 1.165) is 0 Å². The molecular weight excluding hydrogens is 124 g/mol. The zero-order valence-corrected chi connectivity index (χ0v) is 7.45. The number of nitrogens with zero attached hydrogens (tertiary/aromatic N) is 1. The van der Waals surface area contributed by atoms with Gasteiger partial charge < -0.3 is 0 Å². The average Bonchev–Trinajstić information content (AvgIpc) is 1.73. The molecule has 0 aromatic rings. The summed E-state index contributed by atoms with van der Waals surface area (Å²) in [5.74, 6) is 0. The van der Waals surface area contributed by atoms with E-state index in [4.69, 9.17) is 0 Å². The van der Waals surface area contributed by atoms with Crippen molar-refractivity contribution >= 4 is 5.71 Å². The van der Waals surface area contributed by atoms with Gasteiger partial charge in [-0.25, -0.2) is 0 Å². The van der Waals surface area contributed by atoms with Crippen LogP contribution in [0.1, 0.15) is 34.6 Å². The second-order valence-corrected chi connectivity index (χ2v) is 4.01. The summed E-state index contributed by atoms with van der Waals surface area (Å²) in [7, 11) is 0. The highest BCUT2D eigenvalue weighted by Crippen LogP contribution is 2.22. The fraction of sp³-hybridized carbons (Fsp3) is 0.875. The van der Waals surface area contributed by atoms with E-state index in [-0.39, 0.29) is 11.2 Å². The molecule has 0 bridgehead atoms. The molecule has 0 aliphatic carbocycles. The van der Waals surface area contributed by atoms with Crippen LogP contribution in [0, 0.1) is 0 Å². The van der Waals surface area contributed by atoms with Gasteiger partial charge in [-0.2, -0.15) is 0 Å². The highest BCUT2D eigenvalue weighted by molar-refractivity contribution is 5.92. The molecule has 0 radical (unpaired) electrons. The molecule has 2 heteroatoms. The predicted octanol–water partition coefficient (Wildman–Crippen LogP) is 1.57. The van der Waals surface area contributed by atoms with E-state index in [1.807, 2.05) is 0 Å². The van der Waals surface area contributed by atoms with Crippen LogP contribution in [-0.2, 0) is 0 Å². The van der Waals surface area contributed by atoms with Crippen LogP contribution in [0.4, 0.5) is 0 Å². The fourth-order valence-corrected chi connectivity index (χ4v) is 1.44. The van der Waals surface area contributed by atoms with Gasteiger partial charge in [-0.1, -0.05) is 0 Å². The van der Waals surface area contributed by atoms with E-state index in [2.05, 4.69) is 44.9 Å². The van der Waals surface area contributed by atoms with Crippen molar-refractivity contribution in [2.75, 3.05) is 0 Å². The summed E-state index contributed by atoms with van der Waals surface area (Å²) in [4.78, 5) is 4.48. The quantitative estimate of drug-likeness (QED) is 0.542. The molecule has 2 nitrogen and oxygen atoms in total. The Morgan fingerprint density at radius 1 is 1.20 bits per heavy atom. The van der Waals surface area contributed by atoms with Crippen molar-refractivity contribution in [1.29, 1.82) is 0 Å². The number of rotatable bonds is 0. The van der Waals surface area contributed by atoms with E-state index in [0.29, 0.717) is 0 Å². The minimum absolute atomic E-state index is 0.0619. The zero-order chi connectivity index (χ0) is 7.99. The summed E-state index contributed by atoms with van der Waals surface area (Å²) in [5.41, 5.74) is 1.22. The standard InChI is InChI=1S/C8H16N2/c1-6-7(2,3)10-8(4,5)9-6/h10H,1-5H3. The van der Waals surface area contributed by atoms with Crippen LogP contribution >= 0.6 is 0 Å². The average molecular weight is 140 g/mol. The summed E-state index contributed by atoms with van der Waals surface area (Å²) >= 11 is 0. The zero-order valence-electron chi connectivity index (χ0n) is 7.45. The first-order valence-electron chi connectivity index (χ1n) is 3.70. The van der Waals surface area contributed by atoms with Crippen LogP contribution in [-0.4, -0.2) is 16.9 Å². The molecule has 0 fully saturated rings. The Morgan fingerprint density at radius 3 is 1.80 bits per heavy atom. The third-order valence-corrected chi connectivity index (χ3v) is 1.97. The van der Waals surface area contributed by atoms with Gasteiger partial charge in [-0.05, 0) is 34.6 Å². The Bertz CT molecular complexity index is 178. The minimum atomic E-state index is -0.0619. The summed E-state index contributed by atoms with van der Waals surface area (Å²) in [6, 6.07) is 0. The topological polar surface area (TPSA) is 24.4 Å². The largest absolute Gasteiger partial charge is 0.283 e. The van der Waals surface area contributed by atoms with E-state index in [9.17, 15) is 0 Å². The molecule has 0 amide bonds. The maximum Gasteiger partial charge on any atom is 0.105 e. The number of hydrogen-bond acceptors (Lipinski definition) is 2. The Labute approximate surface area is 62.7 Å². The number of nitrogens with one attached hydrogen (secondary N) is 1. The molecular formula is C8H16N2. The Kier molecular flexibility index (Phi) is 1.40. The Balaban J connectivity index is 2.89. The monoisotopic (exact) mass is 140 g/mol. The third kappa shape index (κ3) is 1.21. The summed E-state index contributed by atoms with van der Waals surface area (Å²) in [6.45, 7) is 10.6. The molecule has 0 atom stereocenters. The second-order valence-electron chi connectivity index (χ2n) is 4.01. The van der Waals surface area contributed by atoms with Crippen molar-refractivity contribution < 1.29 is 0 Å². The lowest BCUT2D eigenvalue weighted by molar-refractivity contribution is 0.371. The van der Waals surface area contributed by atoms with Crippen molar-refractivity contribution in [3.63, 3.8) is 0 Å². The molecule has 0 spiro atoms. The summed E-state index contributed by atoms with van der Waals surface area (Å²) in [6.07, 6.45) is 0. The molecule has 1 aliphatic heterocycles. The van der Waals surface area contributed by atoms with Crippen LogP contribution in [0.2, 0.25) is 0 Å². The van der Waals surface area contributed by atoms with Crippen molar-refractivity contribution in [2.24, 2.45) is 4.99 Å². The van der Waals surface area contributed by atoms with E-state index >= 15 is 0 Å². The Morgan fingerprint density at radius 2 is 1.70 bits per heavy atom. The SMILES string of the molecule is CC1=NC(C)(C)NC1(C)C. The Hall–Kier alpha value is -0.370. The molecule has 1 aliphatic rings. The molecule has 10 heavy (non-hydrogen) atoms. The van der Waals surface area contributed by atoms with Gasteiger partial charge in [-0.3, -0.25) is 10.3 Å². The van der Waals surface area contributed by atoms with Gasteiger partial charge in [0.2, 0.25) is 0 Å². The lowest BCUT2D eigenvalue weighted by Crippen LogP contribution is -2.47. The predicted molar refractivity (Wildman–Crippen MR) is 44.4 cm³/mol. The maximum atomic E-state index is 4.48. The number of aliphatic imine (C=N–C) groups is 1. The molecule has 0 aromatic carbocycles. The molecule has 0 saturated heterocycles. The van der Waals surface area contributed by atoms with Crippen LogP contribution in [0.15, 0.2) is 4.99 Å². The molecule has 1 rings (SSSR count). The van der Waals surface area contributed by atoms with Gasteiger partial charge in [0, 0.05) is 5.71 Å². The van der Waals surface area contributed by atoms with Crippen LogP contribution < -0.4 is 5.32 Å². The smallest absolute Gasteiger partial charge is 0.105 e. The second kappa shape index (κ2) is 1.82. The van der Waals surface area contributed by atoms with Crippen molar-refractivity contribution in [2.45, 2.75) is 45.8 Å². The van der Waals surface area contributed by atoms with Crippen LogP contribution in [0.3, 0.4) is 0 Å². The lowest BCUT2D eigenvalue weighted by Gasteiger charge is -2.24. The molecule has 1 heterocycles. The first-order chi connectivity index (χ1) is 4.33. The van der Waals surface area contributed by atoms with Crippen molar-refractivity contribution in [3.8, 4) is 0 Å². The van der Waals surface area contributed by atoms with Crippen molar-refractivity contribution in [1.82, 2.24) is 5.32 Å². The first-order valence-corrected chi connectivity index (χ1v) is 3.70. The first kappa shape index (κ1) is 7.73. The molecule has 0 unspecified atom stereocenters. The van der Waals surface area contributed by atoms with E-state index in [1.165, 1.54) is 5.71 Å². The minimum Gasteiger partial charge on any atom is -0.283 e. The van der Waals surface area contributed by atoms with Gasteiger partial charge in [0.1, 0.15) is 5.66 Å². The van der Waals surface area contributed by atoms with Gasteiger partial charge in [0.25, 0.3) is 0 Å². The molecule has 58 valence electrons. The maximum absolute atomic E-state index is 4.48. The molecule has 1 N–H and O–H groups in total. The highest BCUT2D eigenvalue weighted by Gasteiger charge is 2.35. The van der Waals surface area contributed by atoms with Crippen molar-refractivity contribution in [3.05, 3.63) is 0 Å². The highest BCUT2D eigenvalue weighted by atomic mass is 15.2. The van der Waals surface area contributed by atoms with Gasteiger partial charge in [-0.15, -0.1) is 0 Å². The molecule has 0 saturated carbocycles. The molecule has 0 aromatic heterocycles.